The number of hydrogen-bond acceptors (Lipinski definition) is 2. The van der Waals surface area contributed by atoms with E-state index in [-0.39, 0.29) is 11.7 Å². The highest BCUT2D eigenvalue weighted by Gasteiger charge is 2.24. The van der Waals surface area contributed by atoms with Crippen LogP contribution < -0.4 is 0 Å². The molecule has 1 atom stereocenters. The first-order valence-corrected chi connectivity index (χ1v) is 9.31. The van der Waals surface area contributed by atoms with Crippen LogP contribution in [0.2, 0.25) is 0 Å². The summed E-state index contributed by atoms with van der Waals surface area (Å²) < 4.78 is 15.4. The molecule has 4 heteroatoms. The van der Waals surface area contributed by atoms with Crippen molar-refractivity contribution in [1.29, 1.82) is 0 Å². The molecular formula is C24H18FN3. The molecule has 0 saturated heterocycles. The molecule has 4 aromatic rings. The Morgan fingerprint density at radius 2 is 1.64 bits per heavy atom. The first kappa shape index (κ1) is 16.6. The third-order valence-electron chi connectivity index (χ3n) is 5.18. The number of benzene rings is 2. The number of hydrogen-bond donors (Lipinski definition) is 0. The van der Waals surface area contributed by atoms with Gasteiger partial charge in [0.2, 0.25) is 0 Å². The van der Waals surface area contributed by atoms with Crippen molar-refractivity contribution in [3.05, 3.63) is 108 Å². The average Bonchev–Trinajstić information content (AvgIpc) is 3.14. The van der Waals surface area contributed by atoms with E-state index in [9.17, 15) is 4.39 Å². The van der Waals surface area contributed by atoms with E-state index in [0.29, 0.717) is 0 Å². The number of pyridine rings is 1. The molecule has 2 aromatic carbocycles. The van der Waals surface area contributed by atoms with E-state index in [1.165, 1.54) is 17.7 Å². The molecule has 0 spiro atoms. The van der Waals surface area contributed by atoms with Gasteiger partial charge in [-0.1, -0.05) is 42.5 Å². The van der Waals surface area contributed by atoms with Crippen molar-refractivity contribution >= 4 is 6.08 Å². The molecule has 2 aromatic heterocycles. The van der Waals surface area contributed by atoms with Crippen LogP contribution in [0.25, 0.3) is 23.0 Å². The number of nitrogens with zero attached hydrogens (tertiary/aromatic N) is 3. The van der Waals surface area contributed by atoms with Crippen molar-refractivity contribution in [3.63, 3.8) is 0 Å². The van der Waals surface area contributed by atoms with Gasteiger partial charge in [-0.25, -0.2) is 9.07 Å². The molecule has 0 amide bonds. The first-order valence-electron chi connectivity index (χ1n) is 9.31. The lowest BCUT2D eigenvalue weighted by atomic mass is 9.87. The molecule has 3 nitrogen and oxygen atoms in total. The van der Waals surface area contributed by atoms with Gasteiger partial charge in [0.25, 0.3) is 0 Å². The van der Waals surface area contributed by atoms with Crippen LogP contribution in [0.3, 0.4) is 0 Å². The maximum atomic E-state index is 13.4. The van der Waals surface area contributed by atoms with Gasteiger partial charge < -0.3 is 0 Å². The molecule has 0 N–H and O–H groups in total. The van der Waals surface area contributed by atoms with E-state index in [0.717, 1.165) is 34.6 Å². The van der Waals surface area contributed by atoms with Gasteiger partial charge in [0.15, 0.2) is 0 Å². The molecule has 0 radical (unpaired) electrons. The predicted molar refractivity (Wildman–Crippen MR) is 109 cm³/mol. The van der Waals surface area contributed by atoms with Crippen molar-refractivity contribution in [3.8, 4) is 16.9 Å². The minimum absolute atomic E-state index is 0.249. The zero-order chi connectivity index (χ0) is 18.9. The molecule has 0 fully saturated rings. The largest absolute Gasteiger partial charge is 0.265 e. The van der Waals surface area contributed by atoms with Crippen LogP contribution in [0.1, 0.15) is 22.7 Å². The third-order valence-corrected chi connectivity index (χ3v) is 5.18. The summed E-state index contributed by atoms with van der Waals surface area (Å²) in [5, 5.41) is 4.91. The normalized spacial score (nSPS) is 15.4. The van der Waals surface area contributed by atoms with E-state index < -0.39 is 0 Å². The second kappa shape index (κ2) is 6.89. The summed E-state index contributed by atoms with van der Waals surface area (Å²) in [5.41, 5.74) is 6.33. The summed E-state index contributed by atoms with van der Waals surface area (Å²) in [7, 11) is 0. The average molecular weight is 367 g/mol. The topological polar surface area (TPSA) is 30.7 Å². The molecule has 1 aliphatic rings. The Balaban J connectivity index is 1.66. The summed E-state index contributed by atoms with van der Waals surface area (Å²) in [5.74, 6) is 0.0380. The highest BCUT2D eigenvalue weighted by Crippen LogP contribution is 2.36. The van der Waals surface area contributed by atoms with Crippen molar-refractivity contribution in [2.24, 2.45) is 0 Å². The second-order valence-electron chi connectivity index (χ2n) is 6.91. The van der Waals surface area contributed by atoms with E-state index in [1.807, 2.05) is 22.9 Å². The Hall–Kier alpha value is -3.53. The highest BCUT2D eigenvalue weighted by atomic mass is 19.1. The molecule has 28 heavy (non-hydrogen) atoms. The van der Waals surface area contributed by atoms with Crippen LogP contribution in [-0.4, -0.2) is 14.8 Å². The molecule has 136 valence electrons. The van der Waals surface area contributed by atoms with Crippen molar-refractivity contribution < 1.29 is 4.39 Å². The minimum atomic E-state index is -0.249. The third kappa shape index (κ3) is 2.93. The Labute approximate surface area is 162 Å². The van der Waals surface area contributed by atoms with Gasteiger partial charge in [-0.15, -0.1) is 0 Å². The maximum absolute atomic E-state index is 13.4. The summed E-state index contributed by atoms with van der Waals surface area (Å²) in [4.78, 5) is 4.12. The number of halogens is 1. The number of fused-ring (bicyclic) bond motifs is 1. The van der Waals surface area contributed by atoms with E-state index in [1.54, 1.807) is 24.5 Å². The van der Waals surface area contributed by atoms with Crippen LogP contribution in [0.5, 0.6) is 0 Å². The quantitative estimate of drug-likeness (QED) is 0.484. The minimum Gasteiger partial charge on any atom is -0.265 e. The van der Waals surface area contributed by atoms with E-state index in [4.69, 9.17) is 5.10 Å². The fourth-order valence-corrected chi connectivity index (χ4v) is 3.77. The number of rotatable bonds is 3. The van der Waals surface area contributed by atoms with Crippen LogP contribution in [-0.2, 0) is 6.42 Å². The zero-order valence-corrected chi connectivity index (χ0v) is 15.2. The first-order chi connectivity index (χ1) is 13.8. The van der Waals surface area contributed by atoms with Gasteiger partial charge >= 0.3 is 0 Å². The van der Waals surface area contributed by atoms with Crippen molar-refractivity contribution in [2.75, 3.05) is 0 Å². The van der Waals surface area contributed by atoms with Gasteiger partial charge in [-0.05, 0) is 42.0 Å². The summed E-state index contributed by atoms with van der Waals surface area (Å²) in [6, 6.07) is 20.9. The number of aromatic nitrogens is 3. The van der Waals surface area contributed by atoms with Gasteiger partial charge in [0, 0.05) is 35.9 Å². The van der Waals surface area contributed by atoms with Crippen LogP contribution in [0.4, 0.5) is 4.39 Å². The predicted octanol–water partition coefficient (Wildman–Crippen LogP) is 5.43. The standard InChI is InChI=1S/C24H18FN3/c25-20-7-9-21(10-8-20)28-23-16-19(17-4-2-1-3-5-17)6-11-22(23)24(27-28)18-12-14-26-15-13-18/h1-15,19H,16H2. The Kier molecular flexibility index (Phi) is 4.09. The lowest BCUT2D eigenvalue weighted by Crippen LogP contribution is -2.10. The molecule has 1 aliphatic carbocycles. The fraction of sp³-hybridized carbons (Fsp3) is 0.0833. The summed E-state index contributed by atoms with van der Waals surface area (Å²) >= 11 is 0. The van der Waals surface area contributed by atoms with Crippen molar-refractivity contribution in [2.45, 2.75) is 12.3 Å². The van der Waals surface area contributed by atoms with E-state index >= 15 is 0 Å². The molecule has 1 unspecified atom stereocenters. The lowest BCUT2D eigenvalue weighted by molar-refractivity contribution is 0.626. The summed E-state index contributed by atoms with van der Waals surface area (Å²) in [6.07, 6.45) is 8.81. The molecular weight excluding hydrogens is 349 g/mol. The summed E-state index contributed by atoms with van der Waals surface area (Å²) in [6.45, 7) is 0. The van der Waals surface area contributed by atoms with Gasteiger partial charge in [-0.2, -0.15) is 5.10 Å². The molecule has 2 heterocycles. The Morgan fingerprint density at radius 3 is 2.39 bits per heavy atom. The zero-order valence-electron chi connectivity index (χ0n) is 15.2. The van der Waals surface area contributed by atoms with Gasteiger partial charge in [-0.3, -0.25) is 4.98 Å². The number of allylic oxidation sites excluding steroid dienone is 1. The van der Waals surface area contributed by atoms with Crippen LogP contribution in [0.15, 0.2) is 85.2 Å². The van der Waals surface area contributed by atoms with Gasteiger partial charge in [0.1, 0.15) is 11.5 Å². The highest BCUT2D eigenvalue weighted by molar-refractivity contribution is 5.75. The fourth-order valence-electron chi connectivity index (χ4n) is 3.77. The van der Waals surface area contributed by atoms with E-state index in [2.05, 4.69) is 41.4 Å². The second-order valence-corrected chi connectivity index (χ2v) is 6.91. The van der Waals surface area contributed by atoms with Crippen LogP contribution >= 0.6 is 0 Å². The molecule has 0 saturated carbocycles. The van der Waals surface area contributed by atoms with Crippen molar-refractivity contribution in [1.82, 2.24) is 14.8 Å². The monoisotopic (exact) mass is 367 g/mol. The van der Waals surface area contributed by atoms with Crippen LogP contribution in [0, 0.1) is 5.82 Å². The maximum Gasteiger partial charge on any atom is 0.123 e. The smallest absolute Gasteiger partial charge is 0.123 e. The Bertz CT molecular complexity index is 1130. The lowest BCUT2D eigenvalue weighted by Gasteiger charge is -2.19. The molecule has 0 bridgehead atoms. The molecule has 0 aliphatic heterocycles. The van der Waals surface area contributed by atoms with Gasteiger partial charge in [0.05, 0.1) is 11.4 Å². The Morgan fingerprint density at radius 1 is 0.893 bits per heavy atom. The molecule has 5 rings (SSSR count). The SMILES string of the molecule is Fc1ccc(-n2nc(-c3ccncc3)c3c2CC(c2ccccc2)C=C3)cc1.